The van der Waals surface area contributed by atoms with Gasteiger partial charge in [-0.05, 0) is 43.3 Å². The van der Waals surface area contributed by atoms with E-state index in [0.29, 0.717) is 34.2 Å². The molecule has 0 saturated carbocycles. The number of carbonyl (C=O) groups is 1. The Hall–Kier alpha value is -4.26. The van der Waals surface area contributed by atoms with E-state index in [2.05, 4.69) is 20.3 Å². The molecule has 7 nitrogen and oxygen atoms in total. The van der Waals surface area contributed by atoms with Gasteiger partial charge >= 0.3 is 0 Å². The maximum absolute atomic E-state index is 12.1. The normalized spacial score (nSPS) is 11.0. The molecule has 5 rings (SSSR count). The maximum atomic E-state index is 12.1. The van der Waals surface area contributed by atoms with E-state index in [4.69, 9.17) is 9.15 Å². The monoisotopic (exact) mass is 410 g/mol. The third kappa shape index (κ3) is 3.36. The molecule has 1 N–H and O–H groups in total. The molecule has 0 bridgehead atoms. The Morgan fingerprint density at radius 3 is 2.58 bits per heavy atom. The van der Waals surface area contributed by atoms with E-state index in [-0.39, 0.29) is 5.91 Å². The molecule has 0 aliphatic heterocycles. The number of benzene rings is 2. The number of hydrogen-bond donors (Lipinski definition) is 1. The van der Waals surface area contributed by atoms with Crippen LogP contribution in [0.4, 0.5) is 0 Å². The van der Waals surface area contributed by atoms with Crippen molar-refractivity contribution in [1.29, 1.82) is 0 Å². The third-order valence-electron chi connectivity index (χ3n) is 5.05. The van der Waals surface area contributed by atoms with Crippen LogP contribution in [0.15, 0.2) is 71.5 Å². The molecule has 152 valence electrons. The molecule has 0 aliphatic carbocycles. The summed E-state index contributed by atoms with van der Waals surface area (Å²) >= 11 is 0. The van der Waals surface area contributed by atoms with Crippen LogP contribution < -0.4 is 10.1 Å². The molecule has 3 aromatic heterocycles. The Kier molecular flexibility index (Phi) is 4.55. The average molecular weight is 410 g/mol. The number of amides is 1. The minimum atomic E-state index is -0.178. The molecule has 1 amide bonds. The van der Waals surface area contributed by atoms with Crippen molar-refractivity contribution in [3.8, 4) is 22.9 Å². The highest BCUT2D eigenvalue weighted by atomic mass is 16.5. The lowest BCUT2D eigenvalue weighted by Gasteiger charge is -2.09. The topological polar surface area (TPSA) is 90.1 Å². The largest absolute Gasteiger partial charge is 0.460 e. The van der Waals surface area contributed by atoms with Gasteiger partial charge in [-0.2, -0.15) is 0 Å². The number of aromatic nitrogens is 3. The van der Waals surface area contributed by atoms with E-state index in [0.717, 1.165) is 21.9 Å². The smallest absolute Gasteiger partial charge is 0.255 e. The number of nitrogens with one attached hydrogen (secondary N) is 1. The summed E-state index contributed by atoms with van der Waals surface area (Å²) in [6.45, 7) is 1.77. The SMILES string of the molecule is CNC(=O)c1c(C)oc2cc(Oc3ccnc4cc(-c5ncccn5)ccc34)ccc12. The van der Waals surface area contributed by atoms with Gasteiger partial charge in [0.25, 0.3) is 5.91 Å². The van der Waals surface area contributed by atoms with E-state index in [1.807, 2.05) is 36.4 Å². The number of ether oxygens (including phenoxy) is 1. The second kappa shape index (κ2) is 7.53. The lowest BCUT2D eigenvalue weighted by Crippen LogP contribution is -2.18. The highest BCUT2D eigenvalue weighted by molar-refractivity contribution is 6.07. The summed E-state index contributed by atoms with van der Waals surface area (Å²) in [6.07, 6.45) is 5.12. The van der Waals surface area contributed by atoms with Crippen LogP contribution in [0.5, 0.6) is 11.5 Å². The van der Waals surface area contributed by atoms with Gasteiger partial charge in [-0.1, -0.05) is 6.07 Å². The number of nitrogens with zero attached hydrogens (tertiary/aromatic N) is 3. The predicted molar refractivity (Wildman–Crippen MR) is 117 cm³/mol. The second-order valence-corrected chi connectivity index (χ2v) is 6.99. The number of furan rings is 1. The fraction of sp³-hybridized carbons (Fsp3) is 0.0833. The van der Waals surface area contributed by atoms with Crippen molar-refractivity contribution < 1.29 is 13.9 Å². The Labute approximate surface area is 177 Å². The maximum Gasteiger partial charge on any atom is 0.255 e. The number of carbonyl (C=O) groups excluding carboxylic acids is 1. The van der Waals surface area contributed by atoms with E-state index in [1.54, 1.807) is 44.7 Å². The van der Waals surface area contributed by atoms with Crippen LogP contribution in [0, 0.1) is 6.92 Å². The summed E-state index contributed by atoms with van der Waals surface area (Å²) in [5, 5.41) is 4.26. The van der Waals surface area contributed by atoms with Crippen molar-refractivity contribution in [1.82, 2.24) is 20.3 Å². The first-order valence-corrected chi connectivity index (χ1v) is 9.73. The molecule has 0 aliphatic rings. The molecule has 0 fully saturated rings. The van der Waals surface area contributed by atoms with Gasteiger partial charge < -0.3 is 14.5 Å². The minimum absolute atomic E-state index is 0.178. The lowest BCUT2D eigenvalue weighted by molar-refractivity contribution is 0.0963. The molecule has 0 radical (unpaired) electrons. The summed E-state index contributed by atoms with van der Waals surface area (Å²) in [7, 11) is 1.60. The standard InChI is InChI=1S/C24H18N4O3/c1-14-22(24(29)25-2)18-7-5-16(13-21(18)30-14)31-20-8-11-26-19-12-15(4-6-17(19)20)23-27-9-3-10-28-23/h3-13H,1-2H3,(H,25,29). The van der Waals surface area contributed by atoms with Gasteiger partial charge in [-0.25, -0.2) is 9.97 Å². The van der Waals surface area contributed by atoms with Gasteiger partial charge in [0, 0.05) is 48.0 Å². The van der Waals surface area contributed by atoms with Crippen LogP contribution >= 0.6 is 0 Å². The average Bonchev–Trinajstić information content (AvgIpc) is 3.14. The molecule has 7 heteroatoms. The van der Waals surface area contributed by atoms with Crippen LogP contribution in [0.25, 0.3) is 33.3 Å². The zero-order chi connectivity index (χ0) is 21.4. The summed E-state index contributed by atoms with van der Waals surface area (Å²) in [5.74, 6) is 2.30. The van der Waals surface area contributed by atoms with E-state index < -0.39 is 0 Å². The number of aryl methyl sites for hydroxylation is 1. The van der Waals surface area contributed by atoms with Crippen molar-refractivity contribution in [2.75, 3.05) is 7.05 Å². The Morgan fingerprint density at radius 2 is 1.77 bits per heavy atom. The zero-order valence-electron chi connectivity index (χ0n) is 16.9. The van der Waals surface area contributed by atoms with Gasteiger partial charge in [0.05, 0.1) is 11.1 Å². The number of pyridine rings is 1. The van der Waals surface area contributed by atoms with Crippen LogP contribution in [-0.2, 0) is 0 Å². The lowest BCUT2D eigenvalue weighted by atomic mass is 10.1. The van der Waals surface area contributed by atoms with Gasteiger partial charge in [0.15, 0.2) is 5.82 Å². The first-order valence-electron chi connectivity index (χ1n) is 9.73. The van der Waals surface area contributed by atoms with Crippen molar-refractivity contribution >= 4 is 27.8 Å². The summed E-state index contributed by atoms with van der Waals surface area (Å²) in [5.41, 5.74) is 2.79. The molecule has 5 aromatic rings. The van der Waals surface area contributed by atoms with Gasteiger partial charge in [-0.3, -0.25) is 9.78 Å². The molecule has 2 aromatic carbocycles. The fourth-order valence-electron chi connectivity index (χ4n) is 3.60. The van der Waals surface area contributed by atoms with Gasteiger partial charge in [0.1, 0.15) is 22.8 Å². The Balaban J connectivity index is 1.51. The summed E-state index contributed by atoms with van der Waals surface area (Å²) in [6, 6.07) is 14.9. The molecule has 3 heterocycles. The van der Waals surface area contributed by atoms with Crippen molar-refractivity contribution in [3.63, 3.8) is 0 Å². The Morgan fingerprint density at radius 1 is 0.968 bits per heavy atom. The number of fused-ring (bicyclic) bond motifs is 2. The molecule has 0 spiro atoms. The molecule has 0 unspecified atom stereocenters. The second-order valence-electron chi connectivity index (χ2n) is 6.99. The summed E-state index contributed by atoms with van der Waals surface area (Å²) < 4.78 is 11.9. The predicted octanol–water partition coefficient (Wildman–Crippen LogP) is 4.90. The first kappa shape index (κ1) is 18.7. The molecule has 0 atom stereocenters. The molecule has 0 saturated heterocycles. The van der Waals surface area contributed by atoms with E-state index in [1.165, 1.54) is 0 Å². The van der Waals surface area contributed by atoms with Crippen LogP contribution in [0.1, 0.15) is 16.1 Å². The molecular formula is C24H18N4O3. The first-order chi connectivity index (χ1) is 15.1. The highest BCUT2D eigenvalue weighted by Gasteiger charge is 2.18. The quantitative estimate of drug-likeness (QED) is 0.453. The van der Waals surface area contributed by atoms with Gasteiger partial charge in [-0.15, -0.1) is 0 Å². The third-order valence-corrected chi connectivity index (χ3v) is 5.05. The molecule has 31 heavy (non-hydrogen) atoms. The highest BCUT2D eigenvalue weighted by Crippen LogP contribution is 2.34. The number of hydrogen-bond acceptors (Lipinski definition) is 6. The van der Waals surface area contributed by atoms with Gasteiger partial charge in [0.2, 0.25) is 0 Å². The minimum Gasteiger partial charge on any atom is -0.460 e. The van der Waals surface area contributed by atoms with Crippen molar-refractivity contribution in [2.24, 2.45) is 0 Å². The van der Waals surface area contributed by atoms with Crippen LogP contribution in [0.3, 0.4) is 0 Å². The van der Waals surface area contributed by atoms with Crippen LogP contribution in [-0.4, -0.2) is 27.9 Å². The summed E-state index contributed by atoms with van der Waals surface area (Å²) in [4.78, 5) is 25.2. The fourth-order valence-corrected chi connectivity index (χ4v) is 3.60. The van der Waals surface area contributed by atoms with Crippen molar-refractivity contribution in [3.05, 3.63) is 78.4 Å². The number of rotatable bonds is 4. The zero-order valence-corrected chi connectivity index (χ0v) is 16.9. The van der Waals surface area contributed by atoms with Crippen molar-refractivity contribution in [2.45, 2.75) is 6.92 Å². The van der Waals surface area contributed by atoms with E-state index >= 15 is 0 Å². The van der Waals surface area contributed by atoms with E-state index in [9.17, 15) is 4.79 Å². The van der Waals surface area contributed by atoms with Crippen LogP contribution in [0.2, 0.25) is 0 Å². The molecular weight excluding hydrogens is 392 g/mol. The Bertz CT molecular complexity index is 1430.